The molecule has 1 heterocycles. The number of nitrogens with two attached hydrogens (primary N) is 1. The van der Waals surface area contributed by atoms with E-state index in [1.807, 2.05) is 43.3 Å². The van der Waals surface area contributed by atoms with Crippen molar-refractivity contribution >= 4 is 11.7 Å². The van der Waals surface area contributed by atoms with Crippen LogP contribution in [0.15, 0.2) is 65.8 Å². The van der Waals surface area contributed by atoms with E-state index in [-0.39, 0.29) is 17.9 Å². The summed E-state index contributed by atoms with van der Waals surface area (Å²) in [5.74, 6) is -0.705. The summed E-state index contributed by atoms with van der Waals surface area (Å²) in [4.78, 5) is 27.8. The van der Waals surface area contributed by atoms with Gasteiger partial charge in [-0.15, -0.1) is 0 Å². The summed E-state index contributed by atoms with van der Waals surface area (Å²) in [6.07, 6.45) is 3.96. The normalized spacial score (nSPS) is 11.9. The number of nitrogens with zero attached hydrogens (tertiary/aromatic N) is 2. The van der Waals surface area contributed by atoms with Gasteiger partial charge in [-0.05, 0) is 41.2 Å². The Morgan fingerprint density at radius 1 is 1.11 bits per heavy atom. The van der Waals surface area contributed by atoms with E-state index >= 15 is 0 Å². The Bertz CT molecular complexity index is 1010. The molecule has 0 saturated carbocycles. The smallest absolute Gasteiger partial charge is 0.303 e. The van der Waals surface area contributed by atoms with Crippen LogP contribution in [0.25, 0.3) is 11.1 Å². The predicted octanol–water partition coefficient (Wildman–Crippen LogP) is 3.19. The molecule has 0 aliphatic carbocycles. The number of anilines is 1. The molecule has 0 aliphatic rings. The molecule has 1 atom stereocenters. The van der Waals surface area contributed by atoms with E-state index in [1.54, 1.807) is 22.9 Å². The van der Waals surface area contributed by atoms with Crippen molar-refractivity contribution in [2.75, 3.05) is 5.73 Å². The average Bonchev–Trinajstić information content (AvgIpc) is 2.65. The van der Waals surface area contributed by atoms with E-state index in [9.17, 15) is 9.59 Å². The van der Waals surface area contributed by atoms with Crippen LogP contribution >= 0.6 is 0 Å². The lowest BCUT2D eigenvalue weighted by Crippen LogP contribution is -2.22. The van der Waals surface area contributed by atoms with Gasteiger partial charge >= 0.3 is 5.97 Å². The van der Waals surface area contributed by atoms with Crippen LogP contribution in [0.5, 0.6) is 0 Å². The van der Waals surface area contributed by atoms with Crippen molar-refractivity contribution in [2.45, 2.75) is 26.3 Å². The Morgan fingerprint density at radius 2 is 1.75 bits per heavy atom. The fourth-order valence-electron chi connectivity index (χ4n) is 3.17. The average molecular weight is 377 g/mol. The summed E-state index contributed by atoms with van der Waals surface area (Å²) in [5, 5.41) is 8.87. The molecule has 144 valence electrons. The van der Waals surface area contributed by atoms with Gasteiger partial charge in [-0.25, -0.2) is 4.98 Å². The van der Waals surface area contributed by atoms with E-state index in [2.05, 4.69) is 4.98 Å². The molecule has 0 aliphatic heterocycles. The van der Waals surface area contributed by atoms with Gasteiger partial charge in [0.05, 0.1) is 18.4 Å². The van der Waals surface area contributed by atoms with Crippen molar-refractivity contribution in [3.05, 3.63) is 82.5 Å². The van der Waals surface area contributed by atoms with Crippen molar-refractivity contribution in [2.24, 2.45) is 5.92 Å². The second kappa shape index (κ2) is 8.52. The van der Waals surface area contributed by atoms with Crippen LogP contribution in [-0.4, -0.2) is 20.6 Å². The van der Waals surface area contributed by atoms with Crippen molar-refractivity contribution < 1.29 is 9.90 Å². The number of nitrogen functional groups attached to an aromatic ring is 1. The number of hydrogen-bond donors (Lipinski definition) is 2. The van der Waals surface area contributed by atoms with E-state index in [0.29, 0.717) is 24.2 Å². The molecule has 0 spiro atoms. The van der Waals surface area contributed by atoms with Gasteiger partial charge in [0, 0.05) is 18.3 Å². The number of carbonyl (C=O) groups is 1. The molecule has 0 unspecified atom stereocenters. The number of rotatable bonds is 7. The van der Waals surface area contributed by atoms with Crippen molar-refractivity contribution in [1.82, 2.24) is 9.55 Å². The number of benzene rings is 2. The highest BCUT2D eigenvalue weighted by molar-refractivity contribution is 5.67. The maximum Gasteiger partial charge on any atom is 0.303 e. The molecular weight excluding hydrogens is 354 g/mol. The fraction of sp³-hybridized carbons (Fsp3) is 0.227. The molecule has 6 heteroatoms. The van der Waals surface area contributed by atoms with Crippen LogP contribution in [0.2, 0.25) is 0 Å². The van der Waals surface area contributed by atoms with E-state index in [1.165, 1.54) is 6.33 Å². The zero-order chi connectivity index (χ0) is 20.1. The van der Waals surface area contributed by atoms with Crippen LogP contribution in [0.3, 0.4) is 0 Å². The number of carboxylic acids is 1. The maximum atomic E-state index is 12.8. The lowest BCUT2D eigenvalue weighted by molar-refractivity contribution is -0.137. The lowest BCUT2D eigenvalue weighted by atomic mass is 9.97. The summed E-state index contributed by atoms with van der Waals surface area (Å²) in [6, 6.07) is 15.0. The van der Waals surface area contributed by atoms with Gasteiger partial charge in [0.25, 0.3) is 5.56 Å². The zero-order valence-electron chi connectivity index (χ0n) is 15.7. The standard InChI is InChI=1S/C22H23N3O3/c1-15(11-21(26)27)10-16-2-4-17(5-3-16)13-25-14-24-12-20(22(25)28)18-6-8-19(23)9-7-18/h2-9,12,14-15H,10-11,13,23H2,1H3,(H,26,27)/t15-/m1/s1. The molecule has 3 N–H and O–H groups in total. The van der Waals surface area contributed by atoms with Gasteiger partial charge in [0.2, 0.25) is 0 Å². The molecule has 2 aromatic carbocycles. The van der Waals surface area contributed by atoms with Crippen LogP contribution in [0.1, 0.15) is 24.5 Å². The molecule has 3 rings (SSSR count). The third-order valence-corrected chi connectivity index (χ3v) is 4.61. The number of aliphatic carboxylic acids is 1. The van der Waals surface area contributed by atoms with Gasteiger partial charge in [-0.1, -0.05) is 43.3 Å². The Morgan fingerprint density at radius 3 is 2.39 bits per heavy atom. The molecule has 0 amide bonds. The highest BCUT2D eigenvalue weighted by Crippen LogP contribution is 2.17. The predicted molar refractivity (Wildman–Crippen MR) is 109 cm³/mol. The Labute approximate surface area is 163 Å². The summed E-state index contributed by atoms with van der Waals surface area (Å²) in [7, 11) is 0. The lowest BCUT2D eigenvalue weighted by Gasteiger charge is -2.11. The molecule has 0 bridgehead atoms. The highest BCUT2D eigenvalue weighted by Gasteiger charge is 2.10. The Hall–Kier alpha value is -3.41. The molecule has 1 aromatic heterocycles. The minimum atomic E-state index is -0.781. The van der Waals surface area contributed by atoms with Crippen LogP contribution in [-0.2, 0) is 17.8 Å². The van der Waals surface area contributed by atoms with Gasteiger partial charge < -0.3 is 10.8 Å². The molecule has 28 heavy (non-hydrogen) atoms. The number of hydrogen-bond acceptors (Lipinski definition) is 4. The molecule has 0 radical (unpaired) electrons. The highest BCUT2D eigenvalue weighted by atomic mass is 16.4. The number of carboxylic acid groups (broad SMARTS) is 1. The summed E-state index contributed by atoms with van der Waals surface area (Å²) in [6.45, 7) is 2.34. The third-order valence-electron chi connectivity index (χ3n) is 4.61. The minimum absolute atomic E-state index is 0.0757. The molecule has 0 saturated heterocycles. The molecule has 0 fully saturated rings. The fourth-order valence-corrected chi connectivity index (χ4v) is 3.17. The van der Waals surface area contributed by atoms with E-state index in [4.69, 9.17) is 10.8 Å². The van der Waals surface area contributed by atoms with Gasteiger partial charge in [-0.2, -0.15) is 0 Å². The quantitative estimate of drug-likeness (QED) is 0.616. The van der Waals surface area contributed by atoms with Crippen LogP contribution < -0.4 is 11.3 Å². The van der Waals surface area contributed by atoms with E-state index in [0.717, 1.165) is 16.7 Å². The van der Waals surface area contributed by atoms with Gasteiger partial charge in [-0.3, -0.25) is 14.2 Å². The van der Waals surface area contributed by atoms with Crippen molar-refractivity contribution in [3.8, 4) is 11.1 Å². The molecule has 3 aromatic rings. The zero-order valence-corrected chi connectivity index (χ0v) is 15.7. The summed E-state index contributed by atoms with van der Waals surface area (Å²) in [5.41, 5.74) is 9.62. The minimum Gasteiger partial charge on any atom is -0.481 e. The van der Waals surface area contributed by atoms with E-state index < -0.39 is 5.97 Å². The van der Waals surface area contributed by atoms with Crippen LogP contribution in [0, 0.1) is 5.92 Å². The first-order valence-electron chi connectivity index (χ1n) is 9.12. The van der Waals surface area contributed by atoms with Crippen molar-refractivity contribution in [1.29, 1.82) is 0 Å². The maximum absolute atomic E-state index is 12.8. The Balaban J connectivity index is 1.75. The third kappa shape index (κ3) is 4.85. The second-order valence-electron chi connectivity index (χ2n) is 7.09. The molecular formula is C22H23N3O3. The van der Waals surface area contributed by atoms with Gasteiger partial charge in [0.15, 0.2) is 0 Å². The first-order valence-corrected chi connectivity index (χ1v) is 9.12. The van der Waals surface area contributed by atoms with Gasteiger partial charge in [0.1, 0.15) is 0 Å². The first-order chi connectivity index (χ1) is 13.4. The number of aromatic nitrogens is 2. The summed E-state index contributed by atoms with van der Waals surface area (Å²) < 4.78 is 1.58. The topological polar surface area (TPSA) is 98.2 Å². The molecule has 6 nitrogen and oxygen atoms in total. The van der Waals surface area contributed by atoms with Crippen molar-refractivity contribution in [3.63, 3.8) is 0 Å². The van der Waals surface area contributed by atoms with Crippen LogP contribution in [0.4, 0.5) is 5.69 Å². The summed E-state index contributed by atoms with van der Waals surface area (Å²) >= 11 is 0. The Kier molecular flexibility index (Phi) is 5.89. The second-order valence-corrected chi connectivity index (χ2v) is 7.09. The monoisotopic (exact) mass is 377 g/mol. The first kappa shape index (κ1) is 19.4. The SMILES string of the molecule is C[C@@H](CC(=O)O)Cc1ccc(Cn2cncc(-c3ccc(N)cc3)c2=O)cc1. The largest absolute Gasteiger partial charge is 0.481 e.